The topological polar surface area (TPSA) is 63.3 Å². The Hall–Kier alpha value is -1.25. The van der Waals surface area contributed by atoms with Gasteiger partial charge in [0, 0.05) is 5.70 Å². The Kier molecular flexibility index (Phi) is 2.31. The van der Waals surface area contributed by atoms with Crippen LogP contribution in [0.15, 0.2) is 23.4 Å². The lowest BCUT2D eigenvalue weighted by molar-refractivity contribution is -0.136. The van der Waals surface area contributed by atoms with Crippen LogP contribution in [0.5, 0.6) is 0 Å². The molecule has 1 rings (SSSR count). The first-order valence-corrected chi connectivity index (χ1v) is 3.55. The Morgan fingerprint density at radius 3 is 3.00 bits per heavy atom. The summed E-state index contributed by atoms with van der Waals surface area (Å²) in [4.78, 5) is 10.3. The van der Waals surface area contributed by atoms with E-state index in [1.807, 2.05) is 6.08 Å². The molecule has 0 aromatic carbocycles. The smallest absolute Gasteiger partial charge is 0.307 e. The van der Waals surface area contributed by atoms with E-state index in [2.05, 4.69) is 0 Å². The first-order chi connectivity index (χ1) is 5.18. The molecule has 0 radical (unpaired) electrons. The third-order valence-electron chi connectivity index (χ3n) is 1.57. The van der Waals surface area contributed by atoms with Gasteiger partial charge in [0.25, 0.3) is 0 Å². The summed E-state index contributed by atoms with van der Waals surface area (Å²) in [6, 6.07) is 0. The summed E-state index contributed by atoms with van der Waals surface area (Å²) in [5.41, 5.74) is 7.13. The molecular formula is C8H11NO2. The fourth-order valence-corrected chi connectivity index (χ4v) is 1.09. The molecule has 0 atom stereocenters. The Morgan fingerprint density at radius 2 is 2.45 bits per heavy atom. The van der Waals surface area contributed by atoms with Crippen molar-refractivity contribution >= 4 is 5.97 Å². The van der Waals surface area contributed by atoms with E-state index in [4.69, 9.17) is 10.8 Å². The summed E-state index contributed by atoms with van der Waals surface area (Å²) in [6.07, 6.45) is 5.47. The number of nitrogens with two attached hydrogens (primary N) is 1. The maximum atomic E-state index is 10.3. The average molecular weight is 153 g/mol. The van der Waals surface area contributed by atoms with Gasteiger partial charge in [-0.25, -0.2) is 0 Å². The van der Waals surface area contributed by atoms with E-state index in [0.29, 0.717) is 0 Å². The van der Waals surface area contributed by atoms with Gasteiger partial charge in [-0.3, -0.25) is 4.79 Å². The van der Waals surface area contributed by atoms with Gasteiger partial charge in [-0.1, -0.05) is 6.08 Å². The van der Waals surface area contributed by atoms with Crippen LogP contribution in [-0.4, -0.2) is 11.1 Å². The highest BCUT2D eigenvalue weighted by molar-refractivity contribution is 5.71. The Balaban J connectivity index is 2.59. The van der Waals surface area contributed by atoms with Crippen molar-refractivity contribution < 1.29 is 9.90 Å². The fraction of sp³-hybridized carbons (Fsp3) is 0.375. The maximum Gasteiger partial charge on any atom is 0.307 e. The van der Waals surface area contributed by atoms with Crippen LogP contribution in [0.25, 0.3) is 0 Å². The maximum absolute atomic E-state index is 10.3. The predicted molar refractivity (Wildman–Crippen MR) is 41.8 cm³/mol. The normalized spacial score (nSPS) is 17.1. The van der Waals surface area contributed by atoms with E-state index in [0.717, 1.165) is 24.1 Å². The first kappa shape index (κ1) is 7.85. The van der Waals surface area contributed by atoms with Crippen LogP contribution in [0.3, 0.4) is 0 Å². The molecule has 0 bridgehead atoms. The molecule has 3 N–H and O–H groups in total. The summed E-state index contributed by atoms with van der Waals surface area (Å²) < 4.78 is 0. The lowest BCUT2D eigenvalue weighted by atomic mass is 10.0. The number of hydrogen-bond acceptors (Lipinski definition) is 2. The third-order valence-corrected chi connectivity index (χ3v) is 1.57. The molecule has 0 aromatic rings. The minimum Gasteiger partial charge on any atom is -0.481 e. The van der Waals surface area contributed by atoms with E-state index in [1.165, 1.54) is 0 Å². The lowest BCUT2D eigenvalue weighted by Gasteiger charge is -2.07. The molecule has 1 aliphatic rings. The van der Waals surface area contributed by atoms with Crippen molar-refractivity contribution in [1.29, 1.82) is 0 Å². The second-order valence-corrected chi connectivity index (χ2v) is 2.61. The fourth-order valence-electron chi connectivity index (χ4n) is 1.09. The van der Waals surface area contributed by atoms with Crippen molar-refractivity contribution in [2.45, 2.75) is 19.3 Å². The molecule has 0 saturated heterocycles. The second kappa shape index (κ2) is 3.23. The van der Waals surface area contributed by atoms with Crippen molar-refractivity contribution in [2.24, 2.45) is 5.73 Å². The van der Waals surface area contributed by atoms with E-state index in [9.17, 15) is 4.79 Å². The monoisotopic (exact) mass is 153 g/mol. The summed E-state index contributed by atoms with van der Waals surface area (Å²) in [6.45, 7) is 0. The zero-order valence-corrected chi connectivity index (χ0v) is 6.21. The highest BCUT2D eigenvalue weighted by Gasteiger charge is 2.05. The number of carboxylic acids is 1. The summed E-state index contributed by atoms with van der Waals surface area (Å²) in [5.74, 6) is -0.804. The van der Waals surface area contributed by atoms with Gasteiger partial charge in [0.2, 0.25) is 0 Å². The number of rotatable bonds is 2. The summed E-state index contributed by atoms with van der Waals surface area (Å²) in [5, 5.41) is 8.44. The molecule has 0 saturated carbocycles. The highest BCUT2D eigenvalue weighted by Crippen LogP contribution is 2.15. The molecule has 0 aliphatic heterocycles. The minimum atomic E-state index is -0.804. The highest BCUT2D eigenvalue weighted by atomic mass is 16.4. The molecule has 0 unspecified atom stereocenters. The number of allylic oxidation sites excluding steroid dienone is 3. The standard InChI is InChI=1S/C8H11NO2/c9-7-3-1-2-6(4-7)5-8(10)11/h2,4H,1,3,5,9H2,(H,10,11). The van der Waals surface area contributed by atoms with Crippen LogP contribution in [0.4, 0.5) is 0 Å². The van der Waals surface area contributed by atoms with Crippen molar-refractivity contribution in [3.05, 3.63) is 23.4 Å². The van der Waals surface area contributed by atoms with Gasteiger partial charge in [0.1, 0.15) is 0 Å². The summed E-state index contributed by atoms with van der Waals surface area (Å²) in [7, 11) is 0. The average Bonchev–Trinajstić information content (AvgIpc) is 1.85. The number of carboxylic acid groups (broad SMARTS) is 1. The van der Waals surface area contributed by atoms with Gasteiger partial charge < -0.3 is 10.8 Å². The van der Waals surface area contributed by atoms with Crippen LogP contribution >= 0.6 is 0 Å². The Labute approximate surface area is 65.2 Å². The van der Waals surface area contributed by atoms with Crippen molar-refractivity contribution in [3.8, 4) is 0 Å². The minimum absolute atomic E-state index is 0.0840. The van der Waals surface area contributed by atoms with Crippen LogP contribution < -0.4 is 5.73 Å². The molecule has 1 aliphatic carbocycles. The third kappa shape index (κ3) is 2.45. The van der Waals surface area contributed by atoms with E-state index in [-0.39, 0.29) is 6.42 Å². The van der Waals surface area contributed by atoms with E-state index < -0.39 is 5.97 Å². The molecule has 3 heteroatoms. The van der Waals surface area contributed by atoms with E-state index >= 15 is 0 Å². The molecule has 0 spiro atoms. The Morgan fingerprint density at radius 1 is 1.73 bits per heavy atom. The quantitative estimate of drug-likeness (QED) is 0.622. The SMILES string of the molecule is NC1=CC(CC(=O)O)=CCC1. The molecule has 0 aromatic heterocycles. The van der Waals surface area contributed by atoms with Crippen LogP contribution in [0.2, 0.25) is 0 Å². The van der Waals surface area contributed by atoms with Crippen LogP contribution in [0.1, 0.15) is 19.3 Å². The van der Waals surface area contributed by atoms with Gasteiger partial charge in [-0.2, -0.15) is 0 Å². The second-order valence-electron chi connectivity index (χ2n) is 2.61. The van der Waals surface area contributed by atoms with Crippen LogP contribution in [0, 0.1) is 0 Å². The molecule has 0 fully saturated rings. The van der Waals surface area contributed by atoms with Gasteiger partial charge in [-0.15, -0.1) is 0 Å². The van der Waals surface area contributed by atoms with Gasteiger partial charge >= 0.3 is 5.97 Å². The largest absolute Gasteiger partial charge is 0.481 e. The predicted octanol–water partition coefficient (Wildman–Crippen LogP) is 1.02. The molecule has 0 heterocycles. The van der Waals surface area contributed by atoms with Crippen molar-refractivity contribution in [1.82, 2.24) is 0 Å². The zero-order chi connectivity index (χ0) is 8.27. The number of hydrogen-bond donors (Lipinski definition) is 2. The first-order valence-electron chi connectivity index (χ1n) is 3.55. The zero-order valence-electron chi connectivity index (χ0n) is 6.21. The molecule has 11 heavy (non-hydrogen) atoms. The van der Waals surface area contributed by atoms with Gasteiger partial charge in [0.05, 0.1) is 6.42 Å². The van der Waals surface area contributed by atoms with Gasteiger partial charge in [0.15, 0.2) is 0 Å². The molecule has 0 amide bonds. The van der Waals surface area contributed by atoms with Crippen molar-refractivity contribution in [2.75, 3.05) is 0 Å². The van der Waals surface area contributed by atoms with Crippen molar-refractivity contribution in [3.63, 3.8) is 0 Å². The summed E-state index contributed by atoms with van der Waals surface area (Å²) >= 11 is 0. The van der Waals surface area contributed by atoms with Gasteiger partial charge in [-0.05, 0) is 24.5 Å². The number of carbonyl (C=O) groups is 1. The molecular weight excluding hydrogens is 142 g/mol. The lowest BCUT2D eigenvalue weighted by Crippen LogP contribution is -2.04. The Bertz CT molecular complexity index is 228. The van der Waals surface area contributed by atoms with Crippen LogP contribution in [-0.2, 0) is 4.79 Å². The van der Waals surface area contributed by atoms with E-state index in [1.54, 1.807) is 6.08 Å². The molecule has 60 valence electrons. The molecule has 3 nitrogen and oxygen atoms in total. The number of aliphatic carboxylic acids is 1.